The molecule has 2 aromatic heterocycles. The normalized spacial score (nSPS) is 21.4. The number of hydrogen-bond acceptors (Lipinski definition) is 3. The van der Waals surface area contributed by atoms with Gasteiger partial charge in [0.05, 0.1) is 16.8 Å². The summed E-state index contributed by atoms with van der Waals surface area (Å²) in [6, 6.07) is 14.6. The first-order chi connectivity index (χ1) is 16.0. The second-order valence-corrected chi connectivity index (χ2v) is 10.9. The molecule has 3 aromatic rings. The molecule has 0 radical (unpaired) electrons. The molecule has 1 aromatic carbocycles. The number of fused-ring (bicyclic) bond motifs is 3. The maximum absolute atomic E-state index is 13.8. The summed E-state index contributed by atoms with van der Waals surface area (Å²) in [6.07, 6.45) is 7.34. The van der Waals surface area contributed by atoms with Crippen molar-refractivity contribution in [3.63, 3.8) is 0 Å². The molecular formula is C27H33N3O2S. The SMILES string of the molecule is CCc1cc2c(cc3n2C[C@](C)(C(=O)NC2CCCCC2)N(CCc2ccccc2)C3=O)s1. The van der Waals surface area contributed by atoms with Crippen molar-refractivity contribution in [2.45, 2.75) is 76.9 Å². The monoisotopic (exact) mass is 463 g/mol. The van der Waals surface area contributed by atoms with Crippen molar-refractivity contribution in [1.82, 2.24) is 14.8 Å². The fraction of sp³-hybridized carbons (Fsp3) is 0.481. The maximum atomic E-state index is 13.8. The van der Waals surface area contributed by atoms with Gasteiger partial charge < -0.3 is 14.8 Å². The van der Waals surface area contributed by atoms with Crippen LogP contribution in [0.3, 0.4) is 0 Å². The minimum atomic E-state index is -0.920. The lowest BCUT2D eigenvalue weighted by molar-refractivity contribution is -0.133. The Morgan fingerprint density at radius 2 is 1.91 bits per heavy atom. The van der Waals surface area contributed by atoms with Gasteiger partial charge in [0.25, 0.3) is 5.91 Å². The van der Waals surface area contributed by atoms with Gasteiger partial charge >= 0.3 is 0 Å². The van der Waals surface area contributed by atoms with Crippen LogP contribution >= 0.6 is 11.3 Å². The molecule has 174 valence electrons. The van der Waals surface area contributed by atoms with Gasteiger partial charge in [0.1, 0.15) is 11.2 Å². The fourth-order valence-electron chi connectivity index (χ4n) is 5.39. The molecule has 0 saturated heterocycles. The van der Waals surface area contributed by atoms with E-state index in [9.17, 15) is 9.59 Å². The van der Waals surface area contributed by atoms with E-state index in [4.69, 9.17) is 0 Å². The lowest BCUT2D eigenvalue weighted by Crippen LogP contribution is -2.65. The van der Waals surface area contributed by atoms with Gasteiger partial charge in [-0.2, -0.15) is 0 Å². The molecule has 1 saturated carbocycles. The van der Waals surface area contributed by atoms with Crippen LogP contribution < -0.4 is 5.32 Å². The number of nitrogens with one attached hydrogen (secondary N) is 1. The van der Waals surface area contributed by atoms with Gasteiger partial charge in [0.2, 0.25) is 5.91 Å². The third kappa shape index (κ3) is 4.10. The molecule has 0 bridgehead atoms. The molecule has 5 nitrogen and oxygen atoms in total. The Bertz CT molecular complexity index is 1160. The van der Waals surface area contributed by atoms with E-state index in [1.807, 2.05) is 36.1 Å². The minimum absolute atomic E-state index is 0.0192. The molecule has 1 aliphatic heterocycles. The van der Waals surface area contributed by atoms with E-state index in [0.717, 1.165) is 48.7 Å². The molecule has 3 heterocycles. The third-order valence-electron chi connectivity index (χ3n) is 7.41. The van der Waals surface area contributed by atoms with E-state index >= 15 is 0 Å². The van der Waals surface area contributed by atoms with Gasteiger partial charge in [-0.15, -0.1) is 11.3 Å². The summed E-state index contributed by atoms with van der Waals surface area (Å²) in [5.41, 5.74) is 2.04. The predicted molar refractivity (Wildman–Crippen MR) is 134 cm³/mol. The van der Waals surface area contributed by atoms with Gasteiger partial charge in [0.15, 0.2) is 0 Å². The summed E-state index contributed by atoms with van der Waals surface area (Å²) >= 11 is 1.75. The lowest BCUT2D eigenvalue weighted by Gasteiger charge is -2.45. The van der Waals surface area contributed by atoms with Crippen molar-refractivity contribution in [2.24, 2.45) is 0 Å². The number of carbonyl (C=O) groups excluding carboxylic acids is 2. The summed E-state index contributed by atoms with van der Waals surface area (Å²) in [5.74, 6) is -0.0609. The van der Waals surface area contributed by atoms with Crippen LogP contribution in [0.25, 0.3) is 10.2 Å². The average Bonchev–Trinajstić information content (AvgIpc) is 3.39. The topological polar surface area (TPSA) is 54.3 Å². The Morgan fingerprint density at radius 1 is 1.15 bits per heavy atom. The number of aromatic nitrogens is 1. The molecule has 0 spiro atoms. The van der Waals surface area contributed by atoms with E-state index in [2.05, 4.69) is 35.0 Å². The Hall–Kier alpha value is -2.60. The van der Waals surface area contributed by atoms with E-state index < -0.39 is 5.54 Å². The van der Waals surface area contributed by atoms with E-state index in [0.29, 0.717) is 18.8 Å². The summed E-state index contributed by atoms with van der Waals surface area (Å²) < 4.78 is 3.22. The highest BCUT2D eigenvalue weighted by atomic mass is 32.1. The molecule has 2 aliphatic rings. The first-order valence-electron chi connectivity index (χ1n) is 12.3. The summed E-state index contributed by atoms with van der Waals surface area (Å²) in [7, 11) is 0. The van der Waals surface area contributed by atoms with Gasteiger partial charge in [-0.1, -0.05) is 56.5 Å². The zero-order valence-electron chi connectivity index (χ0n) is 19.6. The Labute approximate surface area is 199 Å². The molecule has 1 aliphatic carbocycles. The van der Waals surface area contributed by atoms with E-state index in [1.165, 1.54) is 16.9 Å². The average molecular weight is 464 g/mol. The van der Waals surface area contributed by atoms with Gasteiger partial charge in [0, 0.05) is 17.5 Å². The predicted octanol–water partition coefficient (Wildman–Crippen LogP) is 5.17. The molecule has 33 heavy (non-hydrogen) atoms. The first-order valence-corrected chi connectivity index (χ1v) is 13.1. The standard InChI is InChI=1S/C27H33N3O2S/c1-3-21-16-22-24(33-21)17-23-25(31)30(15-14-19-10-6-4-7-11-19)27(2,18-29(22)23)26(32)28-20-12-8-5-9-13-20/h4,6-7,10-11,16-17,20H,3,5,8-9,12-15,18H2,1-2H3,(H,28,32)/t27-/m1/s1. The van der Waals surface area contributed by atoms with Crippen LogP contribution in [0.2, 0.25) is 0 Å². The smallest absolute Gasteiger partial charge is 0.271 e. The molecular weight excluding hydrogens is 430 g/mol. The van der Waals surface area contributed by atoms with Crippen LogP contribution in [-0.4, -0.2) is 39.4 Å². The van der Waals surface area contributed by atoms with Crippen LogP contribution in [0.15, 0.2) is 42.5 Å². The van der Waals surface area contributed by atoms with E-state index in [-0.39, 0.29) is 17.9 Å². The second kappa shape index (κ2) is 8.98. The van der Waals surface area contributed by atoms with Crippen molar-refractivity contribution < 1.29 is 9.59 Å². The number of carbonyl (C=O) groups is 2. The number of aryl methyl sites for hydroxylation is 1. The number of thiophene rings is 1. The maximum Gasteiger partial charge on any atom is 0.271 e. The Balaban J connectivity index is 1.49. The quantitative estimate of drug-likeness (QED) is 0.548. The molecule has 1 fully saturated rings. The summed E-state index contributed by atoms with van der Waals surface area (Å²) in [4.78, 5) is 30.7. The Kier molecular flexibility index (Phi) is 6.04. The molecule has 6 heteroatoms. The number of nitrogens with zero attached hydrogens (tertiary/aromatic N) is 2. The zero-order chi connectivity index (χ0) is 23.0. The molecule has 2 amide bonds. The first kappa shape index (κ1) is 22.2. The fourth-order valence-corrected chi connectivity index (χ4v) is 6.43. The second-order valence-electron chi connectivity index (χ2n) is 9.71. The minimum Gasteiger partial charge on any atom is -0.351 e. The van der Waals surface area contributed by atoms with Gasteiger partial charge in [-0.05, 0) is 50.3 Å². The van der Waals surface area contributed by atoms with Crippen molar-refractivity contribution in [3.05, 3.63) is 58.6 Å². The van der Waals surface area contributed by atoms with Gasteiger partial charge in [-0.25, -0.2) is 0 Å². The highest BCUT2D eigenvalue weighted by Gasteiger charge is 2.48. The number of amides is 2. The van der Waals surface area contributed by atoms with Crippen LogP contribution in [0.1, 0.15) is 66.9 Å². The number of rotatable bonds is 6. The van der Waals surface area contributed by atoms with Crippen molar-refractivity contribution in [1.29, 1.82) is 0 Å². The zero-order valence-corrected chi connectivity index (χ0v) is 20.4. The summed E-state index contributed by atoms with van der Waals surface area (Å²) in [5, 5.41) is 3.32. The highest BCUT2D eigenvalue weighted by molar-refractivity contribution is 7.19. The third-order valence-corrected chi connectivity index (χ3v) is 8.63. The van der Waals surface area contributed by atoms with Crippen LogP contribution in [0.4, 0.5) is 0 Å². The van der Waals surface area contributed by atoms with Crippen molar-refractivity contribution in [2.75, 3.05) is 6.54 Å². The lowest BCUT2D eigenvalue weighted by atomic mass is 9.91. The van der Waals surface area contributed by atoms with E-state index in [1.54, 1.807) is 11.3 Å². The highest BCUT2D eigenvalue weighted by Crippen LogP contribution is 2.36. The number of hydrogen-bond donors (Lipinski definition) is 1. The molecule has 5 rings (SSSR count). The molecule has 0 unspecified atom stereocenters. The largest absolute Gasteiger partial charge is 0.351 e. The summed E-state index contributed by atoms with van der Waals surface area (Å²) in [6.45, 7) is 5.12. The van der Waals surface area contributed by atoms with Crippen LogP contribution in [-0.2, 0) is 24.2 Å². The van der Waals surface area contributed by atoms with Crippen molar-refractivity contribution >= 4 is 33.4 Å². The van der Waals surface area contributed by atoms with Gasteiger partial charge in [-0.3, -0.25) is 9.59 Å². The molecule has 1 atom stereocenters. The number of benzene rings is 1. The molecule has 1 N–H and O–H groups in total. The van der Waals surface area contributed by atoms with Crippen molar-refractivity contribution in [3.8, 4) is 0 Å². The van der Waals surface area contributed by atoms with Crippen LogP contribution in [0.5, 0.6) is 0 Å². The van der Waals surface area contributed by atoms with Crippen LogP contribution in [0, 0.1) is 0 Å². The Morgan fingerprint density at radius 3 is 2.64 bits per heavy atom.